The SMILES string of the molecule is CCC1CCC(n2nnnc2CCl)C1C. The molecule has 0 radical (unpaired) electrons. The highest BCUT2D eigenvalue weighted by atomic mass is 35.5. The van der Waals surface area contributed by atoms with Gasteiger partial charge in [0.2, 0.25) is 0 Å². The van der Waals surface area contributed by atoms with Crippen LogP contribution in [-0.2, 0) is 5.88 Å². The molecule has 1 aromatic heterocycles. The second-order valence-corrected chi connectivity index (χ2v) is 4.61. The first kappa shape index (κ1) is 10.9. The van der Waals surface area contributed by atoms with E-state index in [0.717, 1.165) is 11.7 Å². The number of hydrogen-bond donors (Lipinski definition) is 0. The van der Waals surface area contributed by atoms with Crippen molar-refractivity contribution in [1.29, 1.82) is 0 Å². The van der Waals surface area contributed by atoms with Gasteiger partial charge in [0.15, 0.2) is 5.82 Å². The van der Waals surface area contributed by atoms with Gasteiger partial charge in [-0.3, -0.25) is 0 Å². The minimum atomic E-state index is 0.396. The van der Waals surface area contributed by atoms with E-state index in [2.05, 4.69) is 29.4 Å². The van der Waals surface area contributed by atoms with Gasteiger partial charge in [-0.2, -0.15) is 0 Å². The predicted molar refractivity (Wildman–Crippen MR) is 58.6 cm³/mol. The lowest BCUT2D eigenvalue weighted by molar-refractivity contribution is 0.303. The van der Waals surface area contributed by atoms with Gasteiger partial charge in [0.25, 0.3) is 0 Å². The average Bonchev–Trinajstić information content (AvgIpc) is 2.83. The van der Waals surface area contributed by atoms with Gasteiger partial charge in [-0.05, 0) is 35.1 Å². The zero-order valence-electron chi connectivity index (χ0n) is 9.23. The topological polar surface area (TPSA) is 43.6 Å². The number of rotatable bonds is 3. The molecule has 1 aliphatic carbocycles. The molecule has 0 amide bonds. The summed E-state index contributed by atoms with van der Waals surface area (Å²) in [7, 11) is 0. The van der Waals surface area contributed by atoms with Gasteiger partial charge in [0.1, 0.15) is 0 Å². The monoisotopic (exact) mass is 228 g/mol. The van der Waals surface area contributed by atoms with E-state index in [9.17, 15) is 0 Å². The van der Waals surface area contributed by atoms with Crippen LogP contribution in [0.5, 0.6) is 0 Å². The van der Waals surface area contributed by atoms with E-state index < -0.39 is 0 Å². The third-order valence-electron chi connectivity index (χ3n) is 3.70. The van der Waals surface area contributed by atoms with Crippen molar-refractivity contribution in [3.05, 3.63) is 5.82 Å². The van der Waals surface area contributed by atoms with E-state index in [1.165, 1.54) is 19.3 Å². The molecule has 1 fully saturated rings. The van der Waals surface area contributed by atoms with Crippen LogP contribution in [-0.4, -0.2) is 20.2 Å². The van der Waals surface area contributed by atoms with Gasteiger partial charge in [-0.1, -0.05) is 20.3 Å². The molecule has 0 saturated heterocycles. The van der Waals surface area contributed by atoms with Crippen LogP contribution in [0.1, 0.15) is 45.0 Å². The van der Waals surface area contributed by atoms with E-state index in [1.807, 2.05) is 4.68 Å². The largest absolute Gasteiger partial charge is 0.225 e. The molecule has 15 heavy (non-hydrogen) atoms. The zero-order valence-corrected chi connectivity index (χ0v) is 9.98. The molecule has 2 rings (SSSR count). The molecule has 1 aromatic rings. The lowest BCUT2D eigenvalue weighted by Crippen LogP contribution is -2.18. The summed E-state index contributed by atoms with van der Waals surface area (Å²) in [5, 5.41) is 11.7. The van der Waals surface area contributed by atoms with E-state index in [1.54, 1.807) is 0 Å². The molecule has 0 aromatic carbocycles. The number of alkyl halides is 1. The van der Waals surface area contributed by atoms with Crippen molar-refractivity contribution in [1.82, 2.24) is 20.2 Å². The first-order valence-corrected chi connectivity index (χ1v) is 6.14. The maximum absolute atomic E-state index is 5.81. The number of tetrazole rings is 1. The lowest BCUT2D eigenvalue weighted by Gasteiger charge is -2.20. The highest BCUT2D eigenvalue weighted by Gasteiger charge is 2.34. The van der Waals surface area contributed by atoms with Crippen LogP contribution < -0.4 is 0 Å². The van der Waals surface area contributed by atoms with Crippen LogP contribution in [0.2, 0.25) is 0 Å². The number of nitrogens with zero attached hydrogens (tertiary/aromatic N) is 4. The number of aromatic nitrogens is 4. The molecule has 3 atom stereocenters. The van der Waals surface area contributed by atoms with E-state index in [-0.39, 0.29) is 0 Å². The van der Waals surface area contributed by atoms with Crippen molar-refractivity contribution in [2.75, 3.05) is 0 Å². The van der Waals surface area contributed by atoms with Gasteiger partial charge >= 0.3 is 0 Å². The van der Waals surface area contributed by atoms with Gasteiger partial charge < -0.3 is 0 Å². The summed E-state index contributed by atoms with van der Waals surface area (Å²) in [5.41, 5.74) is 0. The molecule has 0 bridgehead atoms. The molecular formula is C10H17ClN4. The maximum atomic E-state index is 5.81. The molecule has 0 aliphatic heterocycles. The second-order valence-electron chi connectivity index (χ2n) is 4.35. The minimum Gasteiger partial charge on any atom is -0.225 e. The van der Waals surface area contributed by atoms with Gasteiger partial charge in [-0.15, -0.1) is 16.7 Å². The molecule has 1 aliphatic rings. The Labute approximate surface area is 95.0 Å². The predicted octanol–water partition coefficient (Wildman–Crippen LogP) is 2.41. The summed E-state index contributed by atoms with van der Waals surface area (Å²) >= 11 is 5.81. The molecule has 1 heterocycles. The smallest absolute Gasteiger partial charge is 0.166 e. The summed E-state index contributed by atoms with van der Waals surface area (Å²) < 4.78 is 1.92. The van der Waals surface area contributed by atoms with E-state index in [4.69, 9.17) is 11.6 Å². The van der Waals surface area contributed by atoms with Crippen molar-refractivity contribution >= 4 is 11.6 Å². The Kier molecular flexibility index (Phi) is 3.24. The average molecular weight is 229 g/mol. The summed E-state index contributed by atoms with van der Waals surface area (Å²) in [5.74, 6) is 2.65. The third-order valence-corrected chi connectivity index (χ3v) is 3.94. The van der Waals surface area contributed by atoms with Crippen LogP contribution in [0.4, 0.5) is 0 Å². The van der Waals surface area contributed by atoms with Crippen molar-refractivity contribution in [2.45, 2.75) is 45.0 Å². The first-order chi connectivity index (χ1) is 7.27. The number of halogens is 1. The summed E-state index contributed by atoms with van der Waals surface area (Å²) in [6.45, 7) is 4.55. The minimum absolute atomic E-state index is 0.396. The molecule has 5 heteroatoms. The van der Waals surface area contributed by atoms with Crippen molar-refractivity contribution in [2.24, 2.45) is 11.8 Å². The summed E-state index contributed by atoms with van der Waals surface area (Å²) in [6, 6.07) is 0.443. The summed E-state index contributed by atoms with van der Waals surface area (Å²) in [4.78, 5) is 0. The van der Waals surface area contributed by atoms with Crippen molar-refractivity contribution in [3.63, 3.8) is 0 Å². The Balaban J connectivity index is 2.18. The standard InChI is InChI=1S/C10H17ClN4/c1-3-8-4-5-9(7(8)2)15-10(6-11)12-13-14-15/h7-9H,3-6H2,1-2H3. The molecular weight excluding hydrogens is 212 g/mol. The molecule has 1 saturated carbocycles. The molecule has 0 spiro atoms. The normalized spacial score (nSPS) is 31.0. The van der Waals surface area contributed by atoms with Crippen LogP contribution in [0.25, 0.3) is 0 Å². The van der Waals surface area contributed by atoms with Crippen molar-refractivity contribution in [3.8, 4) is 0 Å². The van der Waals surface area contributed by atoms with Gasteiger partial charge in [0, 0.05) is 0 Å². The van der Waals surface area contributed by atoms with Gasteiger partial charge in [0.05, 0.1) is 11.9 Å². The van der Waals surface area contributed by atoms with Gasteiger partial charge in [-0.25, -0.2) is 4.68 Å². The molecule has 0 N–H and O–H groups in total. The Morgan fingerprint density at radius 3 is 2.87 bits per heavy atom. The Bertz CT molecular complexity index is 325. The quantitative estimate of drug-likeness (QED) is 0.747. The fourth-order valence-electron chi connectivity index (χ4n) is 2.70. The Morgan fingerprint density at radius 1 is 1.47 bits per heavy atom. The third kappa shape index (κ3) is 1.87. The van der Waals surface area contributed by atoms with Crippen LogP contribution >= 0.6 is 11.6 Å². The Hall–Kier alpha value is -0.640. The summed E-state index contributed by atoms with van der Waals surface area (Å²) in [6.07, 6.45) is 3.70. The molecule has 3 unspecified atom stereocenters. The fourth-order valence-corrected chi connectivity index (χ4v) is 2.88. The van der Waals surface area contributed by atoms with Crippen LogP contribution in [0, 0.1) is 11.8 Å². The highest BCUT2D eigenvalue weighted by Crippen LogP contribution is 2.41. The first-order valence-electron chi connectivity index (χ1n) is 5.60. The lowest BCUT2D eigenvalue weighted by atomic mass is 9.93. The van der Waals surface area contributed by atoms with Crippen LogP contribution in [0.3, 0.4) is 0 Å². The van der Waals surface area contributed by atoms with E-state index in [0.29, 0.717) is 17.8 Å². The fraction of sp³-hybridized carbons (Fsp3) is 0.900. The highest BCUT2D eigenvalue weighted by molar-refractivity contribution is 6.16. The molecule has 4 nitrogen and oxygen atoms in total. The van der Waals surface area contributed by atoms with Crippen LogP contribution in [0.15, 0.2) is 0 Å². The Morgan fingerprint density at radius 2 is 2.27 bits per heavy atom. The van der Waals surface area contributed by atoms with Crippen molar-refractivity contribution < 1.29 is 0 Å². The molecule has 84 valence electrons. The second kappa shape index (κ2) is 4.47. The maximum Gasteiger partial charge on any atom is 0.166 e. The number of hydrogen-bond acceptors (Lipinski definition) is 3. The zero-order chi connectivity index (χ0) is 10.8. The van der Waals surface area contributed by atoms with E-state index >= 15 is 0 Å².